The maximum Gasteiger partial charge on any atom is 0.373 e. The number of nitrogens with one attached hydrogen (secondary N) is 2. The van der Waals surface area contributed by atoms with Gasteiger partial charge >= 0.3 is 5.97 Å². The lowest BCUT2D eigenvalue weighted by atomic mass is 10.0. The van der Waals surface area contributed by atoms with E-state index in [1.165, 1.54) is 12.7 Å². The molecule has 0 bridgehead atoms. The van der Waals surface area contributed by atoms with Crippen molar-refractivity contribution in [1.29, 1.82) is 5.26 Å². The molecule has 0 aliphatic heterocycles. The third kappa shape index (κ3) is 4.61. The summed E-state index contributed by atoms with van der Waals surface area (Å²) in [6.07, 6.45) is 3.89. The number of furan rings is 1. The van der Waals surface area contributed by atoms with Gasteiger partial charge < -0.3 is 24.2 Å². The summed E-state index contributed by atoms with van der Waals surface area (Å²) in [5.41, 5.74) is 3.48. The molecule has 2 aromatic carbocycles. The summed E-state index contributed by atoms with van der Waals surface area (Å²) in [4.78, 5) is 15.0. The summed E-state index contributed by atoms with van der Waals surface area (Å²) in [6.45, 7) is 3.29. The molecule has 2 aromatic heterocycles. The molecule has 2 heterocycles. The van der Waals surface area contributed by atoms with Crippen LogP contribution in [0.1, 0.15) is 35.0 Å². The van der Waals surface area contributed by atoms with E-state index in [1.54, 1.807) is 6.07 Å². The number of rotatable bonds is 9. The van der Waals surface area contributed by atoms with E-state index in [0.29, 0.717) is 36.1 Å². The number of benzene rings is 2. The normalized spacial score (nSPS) is 12.0. The smallest absolute Gasteiger partial charge is 0.373 e. The van der Waals surface area contributed by atoms with E-state index in [4.69, 9.17) is 19.2 Å². The first-order valence-corrected chi connectivity index (χ1v) is 10.6. The van der Waals surface area contributed by atoms with Crippen LogP contribution < -0.4 is 10.1 Å². The first-order chi connectivity index (χ1) is 15.6. The van der Waals surface area contributed by atoms with Crippen LogP contribution in [0.3, 0.4) is 0 Å². The monoisotopic (exact) mass is 431 g/mol. The first-order valence-electron chi connectivity index (χ1n) is 10.6. The van der Waals surface area contributed by atoms with Gasteiger partial charge in [0.2, 0.25) is 5.76 Å². The minimum Gasteiger partial charge on any atom is -0.488 e. The number of carbonyl (C=O) groups excluding carboxylic acids is 1. The van der Waals surface area contributed by atoms with Crippen LogP contribution in [0.15, 0.2) is 53.1 Å². The Morgan fingerprint density at radius 2 is 2.16 bits per heavy atom. The second kappa shape index (κ2) is 9.58. The van der Waals surface area contributed by atoms with Gasteiger partial charge in [0.1, 0.15) is 6.61 Å². The fourth-order valence-corrected chi connectivity index (χ4v) is 3.75. The van der Waals surface area contributed by atoms with Gasteiger partial charge in [-0.15, -0.1) is 0 Å². The zero-order valence-corrected chi connectivity index (χ0v) is 18.1. The number of aryl methyl sites for hydroxylation is 1. The molecule has 164 valence electrons. The van der Waals surface area contributed by atoms with E-state index < -0.39 is 5.97 Å². The van der Waals surface area contributed by atoms with Crippen LogP contribution in [0.5, 0.6) is 5.75 Å². The molecule has 0 amide bonds. The Balaban J connectivity index is 1.28. The fraction of sp³-hybridized carbons (Fsp3) is 0.280. The molecular formula is C25H25N3O4. The highest BCUT2D eigenvalue weighted by Crippen LogP contribution is 2.29. The standard InChI is InChI=1S/C25H25N3O4/c1-16(6-8-19-15-28-21-9-7-17(14-26)12-20(19)21)27-10-11-31-22-5-3-4-18-13-23(25(29)30-2)32-24(18)22/h3-5,7,9,12-13,15-16,27-28H,6,8,10-11H2,1-2H3. The van der Waals surface area contributed by atoms with Gasteiger partial charge in [-0.3, -0.25) is 0 Å². The second-order valence-electron chi connectivity index (χ2n) is 7.71. The molecule has 7 nitrogen and oxygen atoms in total. The van der Waals surface area contributed by atoms with E-state index >= 15 is 0 Å². The molecule has 0 saturated heterocycles. The molecule has 1 atom stereocenters. The van der Waals surface area contributed by atoms with Crippen molar-refractivity contribution in [1.82, 2.24) is 10.3 Å². The van der Waals surface area contributed by atoms with Crippen molar-refractivity contribution in [3.63, 3.8) is 0 Å². The predicted molar refractivity (Wildman–Crippen MR) is 122 cm³/mol. The van der Waals surface area contributed by atoms with Crippen molar-refractivity contribution in [3.8, 4) is 11.8 Å². The Morgan fingerprint density at radius 3 is 2.97 bits per heavy atom. The van der Waals surface area contributed by atoms with E-state index in [-0.39, 0.29) is 5.76 Å². The van der Waals surface area contributed by atoms with Crippen molar-refractivity contribution in [2.75, 3.05) is 20.3 Å². The molecule has 1 unspecified atom stereocenters. The van der Waals surface area contributed by atoms with E-state index in [0.717, 1.165) is 29.1 Å². The van der Waals surface area contributed by atoms with Crippen LogP contribution in [0.2, 0.25) is 0 Å². The number of carbonyl (C=O) groups is 1. The number of nitriles is 1. The van der Waals surface area contributed by atoms with Crippen molar-refractivity contribution >= 4 is 27.8 Å². The number of hydrogen-bond acceptors (Lipinski definition) is 6. The Bertz CT molecular complexity index is 1280. The molecule has 0 spiro atoms. The van der Waals surface area contributed by atoms with Gasteiger partial charge in [-0.25, -0.2) is 4.79 Å². The van der Waals surface area contributed by atoms with E-state index in [2.05, 4.69) is 23.3 Å². The van der Waals surface area contributed by atoms with Crippen molar-refractivity contribution in [2.24, 2.45) is 0 Å². The van der Waals surface area contributed by atoms with Gasteiger partial charge in [0, 0.05) is 35.1 Å². The molecule has 0 fully saturated rings. The Kier molecular flexibility index (Phi) is 6.43. The van der Waals surface area contributed by atoms with Crippen LogP contribution in [-0.4, -0.2) is 37.3 Å². The molecule has 4 rings (SSSR count). The summed E-state index contributed by atoms with van der Waals surface area (Å²) in [5, 5.41) is 14.5. The molecule has 4 aromatic rings. The highest BCUT2D eigenvalue weighted by atomic mass is 16.5. The first kappa shape index (κ1) is 21.5. The van der Waals surface area contributed by atoms with Crippen LogP contribution in [0.4, 0.5) is 0 Å². The van der Waals surface area contributed by atoms with Crippen molar-refractivity contribution in [2.45, 2.75) is 25.8 Å². The van der Waals surface area contributed by atoms with Gasteiger partial charge in [0.15, 0.2) is 11.3 Å². The molecule has 0 radical (unpaired) electrons. The average Bonchev–Trinajstić information content (AvgIpc) is 3.44. The average molecular weight is 431 g/mol. The zero-order chi connectivity index (χ0) is 22.5. The predicted octanol–water partition coefficient (Wildman–Crippen LogP) is 4.56. The number of para-hydroxylation sites is 1. The molecule has 0 saturated carbocycles. The minimum atomic E-state index is -0.512. The Morgan fingerprint density at radius 1 is 1.28 bits per heavy atom. The molecule has 7 heteroatoms. The van der Waals surface area contributed by atoms with E-state index in [1.807, 2.05) is 42.6 Å². The van der Waals surface area contributed by atoms with Gasteiger partial charge in [-0.2, -0.15) is 5.26 Å². The SMILES string of the molecule is COC(=O)c1cc2cccc(OCCNC(C)CCc3c[nH]c4ccc(C#N)cc34)c2o1. The zero-order valence-electron chi connectivity index (χ0n) is 18.1. The van der Waals surface area contributed by atoms with Crippen LogP contribution in [0, 0.1) is 11.3 Å². The minimum absolute atomic E-state index is 0.157. The number of nitrogens with zero attached hydrogens (tertiary/aromatic N) is 1. The highest BCUT2D eigenvalue weighted by molar-refractivity contribution is 5.94. The molecular weight excluding hydrogens is 406 g/mol. The quantitative estimate of drug-likeness (QED) is 0.298. The van der Waals surface area contributed by atoms with Gasteiger partial charge in [0.05, 0.1) is 18.7 Å². The summed E-state index contributed by atoms with van der Waals surface area (Å²) >= 11 is 0. The van der Waals surface area contributed by atoms with Crippen LogP contribution >= 0.6 is 0 Å². The summed E-state index contributed by atoms with van der Waals surface area (Å²) in [6, 6.07) is 15.4. The third-order valence-corrected chi connectivity index (χ3v) is 5.49. The third-order valence-electron chi connectivity index (χ3n) is 5.49. The van der Waals surface area contributed by atoms with E-state index in [9.17, 15) is 4.79 Å². The topological polar surface area (TPSA) is 100 Å². The highest BCUT2D eigenvalue weighted by Gasteiger charge is 2.15. The number of aromatic amines is 1. The second-order valence-corrected chi connectivity index (χ2v) is 7.71. The number of methoxy groups -OCH3 is 1. The summed E-state index contributed by atoms with van der Waals surface area (Å²) in [7, 11) is 1.32. The number of esters is 1. The number of aromatic nitrogens is 1. The maximum absolute atomic E-state index is 11.7. The lowest BCUT2D eigenvalue weighted by Crippen LogP contribution is -2.30. The number of ether oxygens (including phenoxy) is 2. The summed E-state index contributed by atoms with van der Waals surface area (Å²) in [5.74, 6) is 0.241. The maximum atomic E-state index is 11.7. The largest absolute Gasteiger partial charge is 0.488 e. The Labute approximate surface area is 185 Å². The molecule has 0 aliphatic carbocycles. The van der Waals surface area contributed by atoms with Gasteiger partial charge in [0.25, 0.3) is 0 Å². The number of H-pyrrole nitrogens is 1. The molecule has 0 aliphatic rings. The lowest BCUT2D eigenvalue weighted by molar-refractivity contribution is 0.0567. The van der Waals surface area contributed by atoms with Crippen LogP contribution in [0.25, 0.3) is 21.9 Å². The van der Waals surface area contributed by atoms with Gasteiger partial charge in [-0.1, -0.05) is 12.1 Å². The number of fused-ring (bicyclic) bond motifs is 2. The van der Waals surface area contributed by atoms with Crippen molar-refractivity contribution < 1.29 is 18.7 Å². The van der Waals surface area contributed by atoms with Crippen molar-refractivity contribution in [3.05, 3.63) is 65.5 Å². The fourth-order valence-electron chi connectivity index (χ4n) is 3.75. The molecule has 2 N–H and O–H groups in total. The number of hydrogen-bond donors (Lipinski definition) is 2. The summed E-state index contributed by atoms with van der Waals surface area (Å²) < 4.78 is 16.2. The van der Waals surface area contributed by atoms with Gasteiger partial charge in [-0.05, 0) is 55.7 Å². The molecule has 32 heavy (non-hydrogen) atoms. The lowest BCUT2D eigenvalue weighted by Gasteiger charge is -2.14. The van der Waals surface area contributed by atoms with Crippen LogP contribution in [-0.2, 0) is 11.2 Å². The Hall–Kier alpha value is -3.76.